The fraction of sp³-hybridized carbons (Fsp3) is 0.300. The Morgan fingerprint density at radius 2 is 0.769 bits per heavy atom. The number of rotatable bonds is 9. The van der Waals surface area contributed by atoms with Crippen LogP contribution >= 0.6 is 0 Å². The molecule has 39 heavy (non-hydrogen) atoms. The summed E-state index contributed by atoms with van der Waals surface area (Å²) in [4.78, 5) is 13.6. The first-order valence-electron chi connectivity index (χ1n) is 12.8. The zero-order valence-corrected chi connectivity index (χ0v) is 21.4. The van der Waals surface area contributed by atoms with Gasteiger partial charge < -0.3 is 30.6 Å². The average molecular weight is 532 g/mol. The van der Waals surface area contributed by atoms with E-state index < -0.39 is 0 Å². The van der Waals surface area contributed by atoms with Crippen LogP contribution in [0.25, 0.3) is 0 Å². The first kappa shape index (κ1) is 27.5. The molecule has 1 aliphatic rings. The van der Waals surface area contributed by atoms with E-state index in [1.165, 1.54) is 18.2 Å². The first-order valence-corrected chi connectivity index (χ1v) is 12.8. The molecular weight excluding hydrogens is 498 g/mol. The predicted octanol–water partition coefficient (Wildman–Crippen LogP) is 4.61. The Morgan fingerprint density at radius 1 is 0.487 bits per heavy atom. The van der Waals surface area contributed by atoms with Crippen LogP contribution in [-0.2, 0) is 0 Å². The van der Waals surface area contributed by atoms with Gasteiger partial charge in [0.25, 0.3) is 0 Å². The number of aromatic hydroxyl groups is 6. The van der Waals surface area contributed by atoms with Crippen LogP contribution < -0.4 is 0 Å². The number of phenols is 6. The van der Waals surface area contributed by atoms with Crippen molar-refractivity contribution in [1.82, 2.24) is 0 Å². The van der Waals surface area contributed by atoms with Crippen molar-refractivity contribution in [3.63, 3.8) is 0 Å². The Morgan fingerprint density at radius 3 is 1.05 bits per heavy atom. The Bertz CT molecular complexity index is 1200. The molecule has 3 aromatic carbocycles. The molecule has 0 bridgehead atoms. The highest BCUT2D eigenvalue weighted by Gasteiger charge is 2.28. The van der Waals surface area contributed by atoms with E-state index in [1.54, 1.807) is 55.0 Å². The molecule has 9 heteroatoms. The highest BCUT2D eigenvalue weighted by atomic mass is 16.3. The lowest BCUT2D eigenvalue weighted by Gasteiger charge is -2.33. The van der Waals surface area contributed by atoms with Crippen molar-refractivity contribution in [2.75, 3.05) is 19.6 Å². The molecule has 4 rings (SSSR count). The van der Waals surface area contributed by atoms with Crippen LogP contribution in [0.2, 0.25) is 0 Å². The van der Waals surface area contributed by atoms with Crippen LogP contribution in [0.1, 0.15) is 36.0 Å². The maximum atomic E-state index is 10.0. The van der Waals surface area contributed by atoms with Gasteiger partial charge >= 0.3 is 0 Å². The van der Waals surface area contributed by atoms with Gasteiger partial charge in [-0.05, 0) is 73.4 Å². The van der Waals surface area contributed by atoms with Gasteiger partial charge in [-0.25, -0.2) is 0 Å². The van der Waals surface area contributed by atoms with Gasteiger partial charge in [-0.3, -0.25) is 15.0 Å². The van der Waals surface area contributed by atoms with Crippen molar-refractivity contribution < 1.29 is 30.6 Å². The topological polar surface area (TPSA) is 158 Å². The van der Waals surface area contributed by atoms with E-state index in [9.17, 15) is 30.6 Å². The Kier molecular flexibility index (Phi) is 9.04. The molecule has 6 N–H and O–H groups in total. The van der Waals surface area contributed by atoms with E-state index in [0.717, 1.165) is 19.3 Å². The lowest BCUT2D eigenvalue weighted by molar-refractivity contribution is 0.209. The van der Waals surface area contributed by atoms with Gasteiger partial charge in [-0.15, -0.1) is 0 Å². The van der Waals surface area contributed by atoms with Crippen LogP contribution in [0.3, 0.4) is 0 Å². The molecule has 1 saturated carbocycles. The third kappa shape index (κ3) is 7.28. The molecule has 0 aromatic heterocycles. The van der Waals surface area contributed by atoms with Crippen molar-refractivity contribution in [3.05, 3.63) is 71.3 Å². The summed E-state index contributed by atoms with van der Waals surface area (Å²) in [5, 5.41) is 59.2. The standard InChI is InChI=1S/C30H33N3O6/c34-25-7-1-4-22(28(25)37)16-31-13-19-10-20(14-32-17-23-5-2-8-26(35)29(23)38)12-21(11-19)15-33-18-24-6-3-9-27(36)30(24)39/h1-9,16-21,34-39H,10-15H2. The SMILES string of the molecule is Oc1cccc(C=NCC2CC(CN=Cc3cccc(O)c3O)CC(CN=Cc3cccc(O)c3O)C2)c1O. The number of benzene rings is 3. The highest BCUT2D eigenvalue weighted by Crippen LogP contribution is 2.35. The summed E-state index contributed by atoms with van der Waals surface area (Å²) in [6, 6.07) is 14.2. The van der Waals surface area contributed by atoms with Gasteiger partial charge in [-0.2, -0.15) is 0 Å². The maximum Gasteiger partial charge on any atom is 0.166 e. The van der Waals surface area contributed by atoms with E-state index >= 15 is 0 Å². The second kappa shape index (κ2) is 12.8. The molecule has 3 aromatic rings. The maximum absolute atomic E-state index is 10.0. The quantitative estimate of drug-likeness (QED) is 0.175. The van der Waals surface area contributed by atoms with Gasteiger partial charge in [0.1, 0.15) is 0 Å². The average Bonchev–Trinajstić information content (AvgIpc) is 2.91. The number of hydrogen-bond acceptors (Lipinski definition) is 9. The molecular formula is C30H33N3O6. The predicted molar refractivity (Wildman–Crippen MR) is 151 cm³/mol. The largest absolute Gasteiger partial charge is 0.504 e. The molecule has 0 spiro atoms. The zero-order chi connectivity index (χ0) is 27.8. The van der Waals surface area contributed by atoms with Crippen LogP contribution in [0.4, 0.5) is 0 Å². The van der Waals surface area contributed by atoms with E-state index in [2.05, 4.69) is 15.0 Å². The summed E-state index contributed by atoms with van der Waals surface area (Å²) in [5.41, 5.74) is 1.35. The van der Waals surface area contributed by atoms with Crippen molar-refractivity contribution in [2.24, 2.45) is 32.7 Å². The number of hydrogen-bond donors (Lipinski definition) is 6. The van der Waals surface area contributed by atoms with Crippen LogP contribution in [-0.4, -0.2) is 68.9 Å². The van der Waals surface area contributed by atoms with Crippen molar-refractivity contribution >= 4 is 18.6 Å². The van der Waals surface area contributed by atoms with Crippen molar-refractivity contribution in [1.29, 1.82) is 0 Å². The van der Waals surface area contributed by atoms with E-state index in [1.807, 2.05) is 0 Å². The summed E-state index contributed by atoms with van der Waals surface area (Å²) < 4.78 is 0. The van der Waals surface area contributed by atoms with Gasteiger partial charge in [-0.1, -0.05) is 18.2 Å². The van der Waals surface area contributed by atoms with Gasteiger partial charge in [0.05, 0.1) is 0 Å². The zero-order valence-electron chi connectivity index (χ0n) is 21.4. The smallest absolute Gasteiger partial charge is 0.166 e. The summed E-state index contributed by atoms with van der Waals surface area (Å²) in [7, 11) is 0. The number of phenolic OH excluding ortho intramolecular Hbond substituents is 6. The van der Waals surface area contributed by atoms with E-state index in [4.69, 9.17) is 0 Å². The van der Waals surface area contributed by atoms with Gasteiger partial charge in [0, 0.05) is 55.0 Å². The molecule has 0 unspecified atom stereocenters. The molecule has 0 heterocycles. The minimum atomic E-state index is -0.199. The number of para-hydroxylation sites is 3. The monoisotopic (exact) mass is 531 g/mol. The molecule has 0 saturated heterocycles. The molecule has 1 fully saturated rings. The molecule has 204 valence electrons. The summed E-state index contributed by atoms with van der Waals surface area (Å²) in [6.45, 7) is 1.61. The summed E-state index contributed by atoms with van der Waals surface area (Å²) in [5.74, 6) is -0.428. The molecule has 0 amide bonds. The fourth-order valence-corrected chi connectivity index (χ4v) is 5.01. The minimum absolute atomic E-state index is 0.192. The Hall–Kier alpha value is -4.53. The van der Waals surface area contributed by atoms with Crippen LogP contribution in [0, 0.1) is 17.8 Å². The normalized spacial score (nSPS) is 19.8. The first-order chi connectivity index (χ1) is 18.8. The molecule has 0 aliphatic heterocycles. The third-order valence-corrected chi connectivity index (χ3v) is 6.92. The lowest BCUT2D eigenvalue weighted by Crippen LogP contribution is -2.28. The minimum Gasteiger partial charge on any atom is -0.504 e. The van der Waals surface area contributed by atoms with Gasteiger partial charge in [0.2, 0.25) is 0 Å². The Balaban J connectivity index is 1.44. The van der Waals surface area contributed by atoms with E-state index in [-0.39, 0.29) is 52.3 Å². The van der Waals surface area contributed by atoms with Crippen molar-refractivity contribution in [3.8, 4) is 34.5 Å². The second-order valence-electron chi connectivity index (χ2n) is 9.93. The molecule has 0 atom stereocenters. The van der Waals surface area contributed by atoms with Crippen molar-refractivity contribution in [2.45, 2.75) is 19.3 Å². The molecule has 1 aliphatic carbocycles. The number of aliphatic imine (C=N–C) groups is 3. The summed E-state index contributed by atoms with van der Waals surface area (Å²) >= 11 is 0. The lowest BCUT2D eigenvalue weighted by atomic mass is 9.75. The third-order valence-electron chi connectivity index (χ3n) is 6.92. The fourth-order valence-electron chi connectivity index (χ4n) is 5.01. The molecule has 0 radical (unpaired) electrons. The van der Waals surface area contributed by atoms with Crippen LogP contribution in [0.15, 0.2) is 69.6 Å². The van der Waals surface area contributed by atoms with Gasteiger partial charge in [0.15, 0.2) is 34.5 Å². The number of nitrogens with zero attached hydrogens (tertiary/aromatic N) is 3. The Labute approximate surface area is 226 Å². The summed E-state index contributed by atoms with van der Waals surface area (Å²) in [6.07, 6.45) is 7.37. The second-order valence-corrected chi connectivity index (χ2v) is 9.93. The van der Waals surface area contributed by atoms with E-state index in [0.29, 0.717) is 36.3 Å². The van der Waals surface area contributed by atoms with Crippen LogP contribution in [0.5, 0.6) is 34.5 Å². The highest BCUT2D eigenvalue weighted by molar-refractivity contribution is 5.85. The molecule has 9 nitrogen and oxygen atoms in total.